The summed E-state index contributed by atoms with van der Waals surface area (Å²) in [4.78, 5) is 0.281. The highest BCUT2D eigenvalue weighted by Crippen LogP contribution is 2.18. The van der Waals surface area contributed by atoms with Crippen LogP contribution in [0, 0.1) is 6.07 Å². The molecule has 3 nitrogen and oxygen atoms in total. The Morgan fingerprint density at radius 2 is 2.00 bits per heavy atom. The van der Waals surface area contributed by atoms with Crippen molar-refractivity contribution in [1.82, 2.24) is 4.72 Å². The number of nitrogens with one attached hydrogen (secondary N) is 1. The van der Waals surface area contributed by atoms with Crippen LogP contribution in [0.5, 0.6) is 0 Å². The molecule has 0 heterocycles. The van der Waals surface area contributed by atoms with Gasteiger partial charge in [0.05, 0.1) is 4.90 Å². The fourth-order valence-corrected chi connectivity index (χ4v) is 2.15. The van der Waals surface area contributed by atoms with E-state index in [1.165, 1.54) is 7.05 Å². The summed E-state index contributed by atoms with van der Waals surface area (Å²) in [6.07, 6.45) is 0. The van der Waals surface area contributed by atoms with Gasteiger partial charge in [-0.1, -0.05) is 18.2 Å². The Labute approximate surface area is 88.8 Å². The van der Waals surface area contributed by atoms with E-state index in [-0.39, 0.29) is 4.90 Å². The normalized spacial score (nSPS) is 11.8. The number of sulfonamides is 1. The maximum Gasteiger partial charge on any atom is 0.240 e. The van der Waals surface area contributed by atoms with Crippen molar-refractivity contribution in [1.29, 1.82) is 0 Å². The summed E-state index contributed by atoms with van der Waals surface area (Å²) in [5.74, 6) is 0. The monoisotopic (exact) mass is 220 g/mol. The molecule has 0 aromatic heterocycles. The van der Waals surface area contributed by atoms with E-state index in [1.807, 2.05) is 12.1 Å². The molecule has 0 saturated heterocycles. The smallest absolute Gasteiger partial charge is 0.214 e. The first-order valence-corrected chi connectivity index (χ1v) is 5.95. The van der Waals surface area contributed by atoms with Crippen molar-refractivity contribution < 1.29 is 8.42 Å². The van der Waals surface area contributed by atoms with Crippen LogP contribution in [0.25, 0.3) is 10.8 Å². The molecule has 1 radical (unpaired) electrons. The highest BCUT2D eigenvalue weighted by atomic mass is 32.2. The van der Waals surface area contributed by atoms with E-state index >= 15 is 0 Å². The summed E-state index contributed by atoms with van der Waals surface area (Å²) in [7, 11) is -1.95. The van der Waals surface area contributed by atoms with Crippen LogP contribution in [-0.4, -0.2) is 15.5 Å². The number of benzene rings is 2. The van der Waals surface area contributed by atoms with Crippen LogP contribution in [0.1, 0.15) is 0 Å². The van der Waals surface area contributed by atoms with Crippen LogP contribution < -0.4 is 4.72 Å². The molecule has 0 atom stereocenters. The second-order valence-corrected chi connectivity index (χ2v) is 5.03. The lowest BCUT2D eigenvalue weighted by Crippen LogP contribution is -2.18. The molecule has 2 aromatic carbocycles. The lowest BCUT2D eigenvalue weighted by Gasteiger charge is -2.03. The van der Waals surface area contributed by atoms with Crippen molar-refractivity contribution in [3.63, 3.8) is 0 Å². The van der Waals surface area contributed by atoms with Crippen molar-refractivity contribution in [3.05, 3.63) is 42.5 Å². The van der Waals surface area contributed by atoms with Gasteiger partial charge < -0.3 is 0 Å². The van der Waals surface area contributed by atoms with Crippen molar-refractivity contribution >= 4 is 20.8 Å². The standard InChI is InChI=1S/C11H10NO2S/c1-12-15(13,14)11-7-6-9-4-2-3-5-10(9)8-11/h3-8,12H,1H3. The Morgan fingerprint density at radius 1 is 1.20 bits per heavy atom. The Morgan fingerprint density at radius 3 is 2.73 bits per heavy atom. The van der Waals surface area contributed by atoms with Gasteiger partial charge in [-0.2, -0.15) is 0 Å². The van der Waals surface area contributed by atoms with E-state index in [9.17, 15) is 8.42 Å². The van der Waals surface area contributed by atoms with Gasteiger partial charge in [0, 0.05) is 0 Å². The molecule has 0 saturated carbocycles. The molecular formula is C11H10NO2S. The van der Waals surface area contributed by atoms with E-state index in [4.69, 9.17) is 0 Å². The van der Waals surface area contributed by atoms with Gasteiger partial charge in [-0.15, -0.1) is 0 Å². The second kappa shape index (κ2) is 3.64. The van der Waals surface area contributed by atoms with Crippen LogP contribution in [0.15, 0.2) is 41.3 Å². The van der Waals surface area contributed by atoms with E-state index in [1.54, 1.807) is 24.3 Å². The maximum absolute atomic E-state index is 11.5. The molecule has 2 rings (SSSR count). The zero-order valence-electron chi connectivity index (χ0n) is 8.19. The first kappa shape index (κ1) is 10.1. The lowest BCUT2D eigenvalue weighted by atomic mass is 10.1. The molecule has 0 bridgehead atoms. The summed E-state index contributed by atoms with van der Waals surface area (Å²) >= 11 is 0. The third kappa shape index (κ3) is 1.86. The number of fused-ring (bicyclic) bond motifs is 1. The minimum Gasteiger partial charge on any atom is -0.214 e. The summed E-state index contributed by atoms with van der Waals surface area (Å²) in [6.45, 7) is 0. The predicted octanol–water partition coefficient (Wildman–Crippen LogP) is 1.55. The van der Waals surface area contributed by atoms with Crippen molar-refractivity contribution in [2.24, 2.45) is 0 Å². The number of rotatable bonds is 2. The van der Waals surface area contributed by atoms with Crippen molar-refractivity contribution in [2.45, 2.75) is 4.90 Å². The van der Waals surface area contributed by atoms with Gasteiger partial charge in [0.2, 0.25) is 10.0 Å². The third-order valence-corrected chi connectivity index (χ3v) is 3.65. The first-order valence-electron chi connectivity index (χ1n) is 4.47. The third-order valence-electron chi connectivity index (χ3n) is 2.24. The van der Waals surface area contributed by atoms with Gasteiger partial charge in [0.15, 0.2) is 0 Å². The van der Waals surface area contributed by atoms with E-state index in [0.29, 0.717) is 0 Å². The Hall–Kier alpha value is -1.39. The number of hydrogen-bond donors (Lipinski definition) is 1. The van der Waals surface area contributed by atoms with E-state index in [2.05, 4.69) is 10.8 Å². The topological polar surface area (TPSA) is 46.2 Å². The molecule has 0 unspecified atom stereocenters. The van der Waals surface area contributed by atoms with Crippen molar-refractivity contribution in [2.75, 3.05) is 7.05 Å². The Kier molecular flexibility index (Phi) is 2.46. The first-order chi connectivity index (χ1) is 7.13. The van der Waals surface area contributed by atoms with Crippen LogP contribution in [0.4, 0.5) is 0 Å². The van der Waals surface area contributed by atoms with Crippen LogP contribution in [0.2, 0.25) is 0 Å². The van der Waals surface area contributed by atoms with Gasteiger partial charge >= 0.3 is 0 Å². The maximum atomic E-state index is 11.5. The van der Waals surface area contributed by atoms with Gasteiger partial charge in [0.25, 0.3) is 0 Å². The molecule has 0 fully saturated rings. The van der Waals surface area contributed by atoms with Crippen LogP contribution in [-0.2, 0) is 10.0 Å². The number of hydrogen-bond acceptors (Lipinski definition) is 2. The lowest BCUT2D eigenvalue weighted by molar-refractivity contribution is 0.588. The van der Waals surface area contributed by atoms with Gasteiger partial charge in [-0.25, -0.2) is 13.1 Å². The summed E-state index contributed by atoms with van der Waals surface area (Å²) in [5.41, 5.74) is 0. The van der Waals surface area contributed by atoms with E-state index < -0.39 is 10.0 Å². The van der Waals surface area contributed by atoms with Crippen LogP contribution >= 0.6 is 0 Å². The van der Waals surface area contributed by atoms with E-state index in [0.717, 1.165) is 10.8 Å². The zero-order chi connectivity index (χ0) is 10.9. The second-order valence-electron chi connectivity index (χ2n) is 3.14. The molecule has 77 valence electrons. The summed E-state index contributed by atoms with van der Waals surface area (Å²) in [6, 6.07) is 13.4. The van der Waals surface area contributed by atoms with Gasteiger partial charge in [-0.3, -0.25) is 0 Å². The fraction of sp³-hybridized carbons (Fsp3) is 0.0909. The molecule has 0 aliphatic heterocycles. The molecule has 2 aromatic rings. The minimum atomic E-state index is -3.35. The Balaban J connectivity index is 2.67. The largest absolute Gasteiger partial charge is 0.240 e. The average Bonchev–Trinajstić information content (AvgIpc) is 2.28. The molecule has 0 spiro atoms. The Bertz CT molecular complexity index is 590. The highest BCUT2D eigenvalue weighted by molar-refractivity contribution is 7.89. The SMILES string of the molecule is CNS(=O)(=O)c1ccc2c[c]ccc2c1. The molecular weight excluding hydrogens is 210 g/mol. The molecule has 0 aliphatic rings. The molecule has 4 heteroatoms. The fourth-order valence-electron chi connectivity index (χ4n) is 1.39. The van der Waals surface area contributed by atoms with Crippen LogP contribution in [0.3, 0.4) is 0 Å². The highest BCUT2D eigenvalue weighted by Gasteiger charge is 2.10. The van der Waals surface area contributed by atoms with Crippen molar-refractivity contribution in [3.8, 4) is 0 Å². The average molecular weight is 220 g/mol. The molecule has 15 heavy (non-hydrogen) atoms. The van der Waals surface area contributed by atoms with Gasteiger partial charge in [0.1, 0.15) is 0 Å². The minimum absolute atomic E-state index is 0.281. The zero-order valence-corrected chi connectivity index (χ0v) is 9.01. The molecule has 1 N–H and O–H groups in total. The quantitative estimate of drug-likeness (QED) is 0.834. The predicted molar refractivity (Wildman–Crippen MR) is 59.0 cm³/mol. The summed E-state index contributed by atoms with van der Waals surface area (Å²) in [5, 5.41) is 1.87. The summed E-state index contributed by atoms with van der Waals surface area (Å²) < 4.78 is 25.3. The van der Waals surface area contributed by atoms with Gasteiger partial charge in [-0.05, 0) is 42.1 Å². The molecule has 0 amide bonds. The molecule has 0 aliphatic carbocycles.